The van der Waals surface area contributed by atoms with E-state index in [9.17, 15) is 19.5 Å². The van der Waals surface area contributed by atoms with Crippen molar-refractivity contribution in [2.24, 2.45) is 0 Å². The molecule has 0 saturated heterocycles. The van der Waals surface area contributed by atoms with Crippen molar-refractivity contribution >= 4 is 17.9 Å². The number of benzene rings is 1. The molecule has 1 atom stereocenters. The van der Waals surface area contributed by atoms with Crippen LogP contribution in [0.4, 0.5) is 0 Å². The maximum atomic E-state index is 12.3. The average molecular weight is 350 g/mol. The fourth-order valence-electron chi connectivity index (χ4n) is 1.83. The van der Waals surface area contributed by atoms with Crippen molar-refractivity contribution in [2.45, 2.75) is 39.7 Å². The molecule has 0 bridgehead atoms. The maximum Gasteiger partial charge on any atom is 0.352 e. The summed E-state index contributed by atoms with van der Waals surface area (Å²) in [5, 5.41) is 9.83. The van der Waals surface area contributed by atoms with Crippen LogP contribution in [0.5, 0.6) is 11.5 Å². The zero-order valence-electron chi connectivity index (χ0n) is 14.5. The largest absolute Gasteiger partial charge is 0.504 e. The second-order valence-corrected chi connectivity index (χ2v) is 5.29. The van der Waals surface area contributed by atoms with Gasteiger partial charge in [0.1, 0.15) is 0 Å². The van der Waals surface area contributed by atoms with Crippen molar-refractivity contribution in [3.05, 3.63) is 35.9 Å². The van der Waals surface area contributed by atoms with Gasteiger partial charge in [0.05, 0.1) is 12.2 Å². The molecular weight excluding hydrogens is 328 g/mol. The van der Waals surface area contributed by atoms with Crippen LogP contribution in [-0.2, 0) is 19.1 Å². The summed E-state index contributed by atoms with van der Waals surface area (Å²) in [5.41, 5.74) is 0.273. The number of carbonyl (C=O) groups is 3. The molecule has 1 unspecified atom stereocenters. The van der Waals surface area contributed by atoms with Crippen LogP contribution in [0.2, 0.25) is 0 Å². The molecule has 0 radical (unpaired) electrons. The van der Waals surface area contributed by atoms with Gasteiger partial charge >= 0.3 is 17.9 Å². The lowest BCUT2D eigenvalue weighted by atomic mass is 10.2. The van der Waals surface area contributed by atoms with Gasteiger partial charge in [-0.3, -0.25) is 0 Å². The molecule has 0 aromatic heterocycles. The van der Waals surface area contributed by atoms with Crippen LogP contribution >= 0.6 is 0 Å². The van der Waals surface area contributed by atoms with E-state index < -0.39 is 24.0 Å². The highest BCUT2D eigenvalue weighted by atomic mass is 16.6. The first-order valence-corrected chi connectivity index (χ1v) is 7.88. The predicted octanol–water partition coefficient (Wildman–Crippen LogP) is 2.76. The van der Waals surface area contributed by atoms with Gasteiger partial charge in [0, 0.05) is 5.57 Å². The summed E-state index contributed by atoms with van der Waals surface area (Å²) < 4.78 is 15.0. The molecule has 25 heavy (non-hydrogen) atoms. The highest BCUT2D eigenvalue weighted by Gasteiger charge is 2.26. The smallest absolute Gasteiger partial charge is 0.352 e. The van der Waals surface area contributed by atoms with E-state index in [4.69, 9.17) is 14.2 Å². The van der Waals surface area contributed by atoms with Gasteiger partial charge in [0.15, 0.2) is 17.6 Å². The Labute approximate surface area is 146 Å². The lowest BCUT2D eigenvalue weighted by Crippen LogP contribution is -2.31. The Hall–Kier alpha value is -2.83. The second-order valence-electron chi connectivity index (χ2n) is 5.29. The molecule has 1 rings (SSSR count). The van der Waals surface area contributed by atoms with Gasteiger partial charge in [-0.05, 0) is 38.5 Å². The molecule has 0 heterocycles. The van der Waals surface area contributed by atoms with Gasteiger partial charge in [-0.25, -0.2) is 14.4 Å². The maximum absolute atomic E-state index is 12.3. The molecule has 1 N–H and O–H groups in total. The summed E-state index contributed by atoms with van der Waals surface area (Å²) in [6.07, 6.45) is -0.325. The summed E-state index contributed by atoms with van der Waals surface area (Å²) in [4.78, 5) is 35.6. The van der Waals surface area contributed by atoms with Crippen LogP contribution in [0.15, 0.2) is 30.4 Å². The molecule has 0 fully saturated rings. The van der Waals surface area contributed by atoms with Crippen LogP contribution in [0.3, 0.4) is 0 Å². The number of phenols is 1. The Bertz CT molecular complexity index is 663. The van der Waals surface area contributed by atoms with Gasteiger partial charge in [-0.15, -0.1) is 0 Å². The Morgan fingerprint density at radius 2 is 1.92 bits per heavy atom. The van der Waals surface area contributed by atoms with E-state index in [-0.39, 0.29) is 35.7 Å². The molecule has 0 aliphatic heterocycles. The third-order valence-electron chi connectivity index (χ3n) is 3.09. The van der Waals surface area contributed by atoms with E-state index >= 15 is 0 Å². The number of hydrogen-bond acceptors (Lipinski definition) is 7. The van der Waals surface area contributed by atoms with E-state index in [1.165, 1.54) is 25.1 Å². The van der Waals surface area contributed by atoms with Crippen molar-refractivity contribution in [1.82, 2.24) is 0 Å². The number of phenolic OH excluding ortho intramolecular Hbond substituents is 1. The van der Waals surface area contributed by atoms with Gasteiger partial charge in [-0.1, -0.05) is 19.9 Å². The average Bonchev–Trinajstić information content (AvgIpc) is 2.56. The lowest BCUT2D eigenvalue weighted by Gasteiger charge is -2.16. The molecule has 0 aliphatic carbocycles. The predicted molar refractivity (Wildman–Crippen MR) is 89.3 cm³/mol. The van der Waals surface area contributed by atoms with Gasteiger partial charge in [0.2, 0.25) is 0 Å². The Morgan fingerprint density at radius 1 is 1.24 bits per heavy atom. The van der Waals surface area contributed by atoms with E-state index in [1.807, 2.05) is 6.92 Å². The first-order chi connectivity index (χ1) is 11.8. The van der Waals surface area contributed by atoms with Crippen molar-refractivity contribution < 1.29 is 33.7 Å². The minimum absolute atomic E-state index is 0.119. The summed E-state index contributed by atoms with van der Waals surface area (Å²) in [5.74, 6) is -2.72. The number of hydrogen-bond donors (Lipinski definition) is 1. The van der Waals surface area contributed by atoms with E-state index in [2.05, 4.69) is 6.58 Å². The quantitative estimate of drug-likeness (QED) is 0.437. The number of esters is 3. The van der Waals surface area contributed by atoms with Crippen molar-refractivity contribution in [3.63, 3.8) is 0 Å². The van der Waals surface area contributed by atoms with Crippen LogP contribution in [0.1, 0.15) is 44.0 Å². The summed E-state index contributed by atoms with van der Waals surface area (Å²) >= 11 is 0. The SMILES string of the molecule is C=C(C)C(=O)OC(CCC)C(=O)Oc1cc(C(=O)OCC)ccc1O. The van der Waals surface area contributed by atoms with Crippen LogP contribution in [0.25, 0.3) is 0 Å². The third kappa shape index (κ3) is 5.95. The van der Waals surface area contributed by atoms with Crippen molar-refractivity contribution in [3.8, 4) is 11.5 Å². The molecule has 7 heteroatoms. The minimum Gasteiger partial charge on any atom is -0.504 e. The molecule has 0 spiro atoms. The number of aromatic hydroxyl groups is 1. The topological polar surface area (TPSA) is 99.1 Å². The molecule has 136 valence electrons. The lowest BCUT2D eigenvalue weighted by molar-refractivity contribution is -0.160. The van der Waals surface area contributed by atoms with Gasteiger partial charge in [-0.2, -0.15) is 0 Å². The second kappa shape index (κ2) is 9.46. The third-order valence-corrected chi connectivity index (χ3v) is 3.09. The zero-order valence-corrected chi connectivity index (χ0v) is 14.5. The Balaban J connectivity index is 2.95. The van der Waals surface area contributed by atoms with Crippen LogP contribution < -0.4 is 4.74 Å². The van der Waals surface area contributed by atoms with Crippen LogP contribution in [0, 0.1) is 0 Å². The number of rotatable bonds is 8. The summed E-state index contributed by atoms with van der Waals surface area (Å²) in [6.45, 7) is 8.57. The highest BCUT2D eigenvalue weighted by Crippen LogP contribution is 2.28. The number of ether oxygens (including phenoxy) is 3. The Morgan fingerprint density at radius 3 is 2.48 bits per heavy atom. The first-order valence-electron chi connectivity index (χ1n) is 7.88. The summed E-state index contributed by atoms with van der Waals surface area (Å²) in [7, 11) is 0. The molecule has 1 aromatic rings. The Kier molecular flexibility index (Phi) is 7.65. The number of carbonyl (C=O) groups excluding carboxylic acids is 3. The fourth-order valence-corrected chi connectivity index (χ4v) is 1.83. The zero-order chi connectivity index (χ0) is 19.0. The van der Waals surface area contributed by atoms with Gasteiger partial charge in [0.25, 0.3) is 0 Å². The molecule has 7 nitrogen and oxygen atoms in total. The molecule has 0 amide bonds. The molecule has 0 saturated carbocycles. The molecule has 1 aromatic carbocycles. The minimum atomic E-state index is -1.14. The highest BCUT2D eigenvalue weighted by molar-refractivity contribution is 5.91. The molecule has 0 aliphatic rings. The van der Waals surface area contributed by atoms with Crippen molar-refractivity contribution in [2.75, 3.05) is 6.61 Å². The normalized spacial score (nSPS) is 11.3. The standard InChI is InChI=1S/C18H22O7/c1-5-7-14(24-16(20)11(3)4)18(22)25-15-10-12(8-9-13(15)19)17(21)23-6-2/h8-10,14,19H,3,5-7H2,1-2,4H3. The van der Waals surface area contributed by atoms with Crippen molar-refractivity contribution in [1.29, 1.82) is 0 Å². The summed E-state index contributed by atoms with van der Waals surface area (Å²) in [6, 6.07) is 3.74. The fraction of sp³-hybridized carbons (Fsp3) is 0.389. The molecular formula is C18H22O7. The van der Waals surface area contributed by atoms with E-state index in [0.717, 1.165) is 0 Å². The van der Waals surface area contributed by atoms with E-state index in [0.29, 0.717) is 6.42 Å². The van der Waals surface area contributed by atoms with Gasteiger partial charge < -0.3 is 19.3 Å². The first kappa shape index (κ1) is 20.2. The van der Waals surface area contributed by atoms with Crippen LogP contribution in [-0.4, -0.2) is 35.7 Å². The van der Waals surface area contributed by atoms with E-state index in [1.54, 1.807) is 6.92 Å². The monoisotopic (exact) mass is 350 g/mol.